The summed E-state index contributed by atoms with van der Waals surface area (Å²) >= 11 is 0. The van der Waals surface area contributed by atoms with Gasteiger partial charge in [0.25, 0.3) is 11.5 Å². The fourth-order valence-corrected chi connectivity index (χ4v) is 2.09. The van der Waals surface area contributed by atoms with Crippen LogP contribution in [0.25, 0.3) is 11.1 Å². The Hall–Kier alpha value is -3.28. The standard InChI is InChI=1S/C17H14N4O2/c22-16-8-7-15(20-21-16)17(23)19-10-12-3-5-13(6-4-12)14-2-1-9-18-11-14/h1-9,11H,10H2,(H,19,23)(H,21,22). The molecule has 6 heteroatoms. The molecule has 2 heterocycles. The average Bonchev–Trinajstić information content (AvgIpc) is 2.61. The molecule has 23 heavy (non-hydrogen) atoms. The van der Waals surface area contributed by atoms with Crippen LogP contribution in [0.1, 0.15) is 16.1 Å². The van der Waals surface area contributed by atoms with Crippen LogP contribution in [-0.2, 0) is 6.54 Å². The summed E-state index contributed by atoms with van der Waals surface area (Å²) in [5.74, 6) is -0.336. The lowest BCUT2D eigenvalue weighted by Crippen LogP contribution is -2.25. The molecule has 0 bridgehead atoms. The number of benzene rings is 1. The topological polar surface area (TPSA) is 87.7 Å². The summed E-state index contributed by atoms with van der Waals surface area (Å²) in [6, 6.07) is 14.4. The zero-order chi connectivity index (χ0) is 16.1. The van der Waals surface area contributed by atoms with E-state index in [4.69, 9.17) is 0 Å². The first-order valence-corrected chi connectivity index (χ1v) is 7.06. The SMILES string of the molecule is O=C(NCc1ccc(-c2cccnc2)cc1)c1ccc(=O)[nH]n1. The molecule has 3 aromatic rings. The van der Waals surface area contributed by atoms with Gasteiger partial charge >= 0.3 is 0 Å². The molecule has 2 N–H and O–H groups in total. The van der Waals surface area contributed by atoms with Crippen molar-refractivity contribution in [1.82, 2.24) is 20.5 Å². The fourth-order valence-electron chi connectivity index (χ4n) is 2.09. The van der Waals surface area contributed by atoms with Crippen molar-refractivity contribution in [2.24, 2.45) is 0 Å². The van der Waals surface area contributed by atoms with Crippen molar-refractivity contribution >= 4 is 5.91 Å². The summed E-state index contributed by atoms with van der Waals surface area (Å²) in [5, 5.41) is 8.68. The van der Waals surface area contributed by atoms with Gasteiger partial charge in [-0.25, -0.2) is 5.10 Å². The summed E-state index contributed by atoms with van der Waals surface area (Å²) in [6.07, 6.45) is 3.54. The highest BCUT2D eigenvalue weighted by Gasteiger charge is 2.07. The van der Waals surface area contributed by atoms with Gasteiger partial charge in [-0.3, -0.25) is 14.6 Å². The molecule has 1 aromatic carbocycles. The first kappa shape index (κ1) is 14.6. The van der Waals surface area contributed by atoms with Gasteiger partial charge in [0.1, 0.15) is 5.69 Å². The number of carbonyl (C=O) groups is 1. The number of pyridine rings is 1. The van der Waals surface area contributed by atoms with E-state index >= 15 is 0 Å². The summed E-state index contributed by atoms with van der Waals surface area (Å²) < 4.78 is 0. The van der Waals surface area contributed by atoms with Crippen LogP contribution in [0, 0.1) is 0 Å². The lowest BCUT2D eigenvalue weighted by atomic mass is 10.1. The number of H-pyrrole nitrogens is 1. The van der Waals surface area contributed by atoms with Gasteiger partial charge in [0.15, 0.2) is 0 Å². The maximum atomic E-state index is 11.9. The number of aromatic amines is 1. The molecule has 1 amide bonds. The average molecular weight is 306 g/mol. The first-order valence-electron chi connectivity index (χ1n) is 7.06. The molecular weight excluding hydrogens is 292 g/mol. The smallest absolute Gasteiger partial charge is 0.271 e. The van der Waals surface area contributed by atoms with Crippen LogP contribution < -0.4 is 10.9 Å². The molecule has 0 saturated carbocycles. The first-order chi connectivity index (χ1) is 11.2. The molecule has 6 nitrogen and oxygen atoms in total. The van der Waals surface area contributed by atoms with E-state index in [1.807, 2.05) is 36.4 Å². The quantitative estimate of drug-likeness (QED) is 0.769. The van der Waals surface area contributed by atoms with Gasteiger partial charge in [-0.05, 0) is 28.8 Å². The van der Waals surface area contributed by atoms with E-state index < -0.39 is 0 Å². The maximum Gasteiger partial charge on any atom is 0.271 e. The highest BCUT2D eigenvalue weighted by atomic mass is 16.2. The molecule has 0 radical (unpaired) electrons. The zero-order valence-electron chi connectivity index (χ0n) is 12.2. The lowest BCUT2D eigenvalue weighted by Gasteiger charge is -2.06. The van der Waals surface area contributed by atoms with Gasteiger partial charge in [0.2, 0.25) is 0 Å². The second-order valence-corrected chi connectivity index (χ2v) is 4.93. The largest absolute Gasteiger partial charge is 0.347 e. The molecule has 114 valence electrons. The summed E-state index contributed by atoms with van der Waals surface area (Å²) in [4.78, 5) is 26.9. The van der Waals surface area contributed by atoms with E-state index in [0.29, 0.717) is 6.54 Å². The van der Waals surface area contributed by atoms with E-state index in [1.165, 1.54) is 12.1 Å². The zero-order valence-corrected chi connectivity index (χ0v) is 12.2. The summed E-state index contributed by atoms with van der Waals surface area (Å²) in [7, 11) is 0. The highest BCUT2D eigenvalue weighted by Crippen LogP contribution is 2.18. The van der Waals surface area contributed by atoms with Gasteiger partial charge in [-0.2, -0.15) is 5.10 Å². The maximum absolute atomic E-state index is 11.9. The molecule has 0 fully saturated rings. The third-order valence-corrected chi connectivity index (χ3v) is 3.31. The van der Waals surface area contributed by atoms with Crippen molar-refractivity contribution < 1.29 is 4.79 Å². The number of carbonyl (C=O) groups excluding carboxylic acids is 1. The molecule has 0 spiro atoms. The lowest BCUT2D eigenvalue weighted by molar-refractivity contribution is 0.0945. The Morgan fingerprint density at radius 2 is 1.87 bits per heavy atom. The van der Waals surface area contributed by atoms with Gasteiger partial charge in [-0.15, -0.1) is 0 Å². The Morgan fingerprint density at radius 3 is 2.52 bits per heavy atom. The number of hydrogen-bond donors (Lipinski definition) is 2. The van der Waals surface area contributed by atoms with Crippen LogP contribution in [0.4, 0.5) is 0 Å². The fraction of sp³-hybridized carbons (Fsp3) is 0.0588. The Morgan fingerprint density at radius 1 is 1.04 bits per heavy atom. The molecule has 0 aliphatic rings. The van der Waals surface area contributed by atoms with Crippen molar-refractivity contribution in [3.05, 3.63) is 82.5 Å². The minimum atomic E-state index is -0.340. The number of amides is 1. The van der Waals surface area contributed by atoms with Crippen LogP contribution in [0.15, 0.2) is 65.7 Å². The number of nitrogens with zero attached hydrogens (tertiary/aromatic N) is 2. The summed E-state index contributed by atoms with van der Waals surface area (Å²) in [5.41, 5.74) is 2.91. The van der Waals surface area contributed by atoms with E-state index in [0.717, 1.165) is 16.7 Å². The van der Waals surface area contributed by atoms with Crippen LogP contribution in [0.3, 0.4) is 0 Å². The number of nitrogens with one attached hydrogen (secondary N) is 2. The number of hydrogen-bond acceptors (Lipinski definition) is 4. The van der Waals surface area contributed by atoms with E-state index in [1.54, 1.807) is 12.4 Å². The minimum Gasteiger partial charge on any atom is -0.347 e. The third kappa shape index (κ3) is 3.68. The molecular formula is C17H14N4O2. The molecule has 0 aliphatic heterocycles. The molecule has 0 atom stereocenters. The second kappa shape index (κ2) is 6.65. The highest BCUT2D eigenvalue weighted by molar-refractivity contribution is 5.91. The molecule has 0 aliphatic carbocycles. The predicted molar refractivity (Wildman–Crippen MR) is 85.7 cm³/mol. The number of rotatable bonds is 4. The molecule has 0 unspecified atom stereocenters. The van der Waals surface area contributed by atoms with Gasteiger partial charge < -0.3 is 5.32 Å². The molecule has 3 rings (SSSR count). The Bertz CT molecular complexity index is 837. The van der Waals surface area contributed by atoms with Gasteiger partial charge in [0, 0.05) is 25.0 Å². The van der Waals surface area contributed by atoms with Crippen LogP contribution in [0.2, 0.25) is 0 Å². The number of aromatic nitrogens is 3. The van der Waals surface area contributed by atoms with Crippen LogP contribution >= 0.6 is 0 Å². The van der Waals surface area contributed by atoms with E-state index in [9.17, 15) is 9.59 Å². The molecule has 0 saturated heterocycles. The van der Waals surface area contributed by atoms with Crippen molar-refractivity contribution in [2.75, 3.05) is 0 Å². The third-order valence-electron chi connectivity index (χ3n) is 3.31. The van der Waals surface area contributed by atoms with Gasteiger partial charge in [0.05, 0.1) is 0 Å². The van der Waals surface area contributed by atoms with E-state index in [2.05, 4.69) is 20.5 Å². The van der Waals surface area contributed by atoms with Crippen LogP contribution in [0.5, 0.6) is 0 Å². The normalized spacial score (nSPS) is 10.3. The Kier molecular flexibility index (Phi) is 4.24. The van der Waals surface area contributed by atoms with Gasteiger partial charge in [-0.1, -0.05) is 30.3 Å². The predicted octanol–water partition coefficient (Wildman–Crippen LogP) is 1.76. The summed E-state index contributed by atoms with van der Waals surface area (Å²) in [6.45, 7) is 0.382. The van der Waals surface area contributed by atoms with E-state index in [-0.39, 0.29) is 17.2 Å². The monoisotopic (exact) mass is 306 g/mol. The second-order valence-electron chi connectivity index (χ2n) is 4.93. The van der Waals surface area contributed by atoms with Crippen molar-refractivity contribution in [2.45, 2.75) is 6.54 Å². The van der Waals surface area contributed by atoms with Crippen LogP contribution in [-0.4, -0.2) is 21.1 Å². The van der Waals surface area contributed by atoms with Crippen molar-refractivity contribution in [3.63, 3.8) is 0 Å². The molecule has 2 aromatic heterocycles. The Balaban J connectivity index is 1.63. The Labute approximate surface area is 132 Å². The van der Waals surface area contributed by atoms with Crippen molar-refractivity contribution in [1.29, 1.82) is 0 Å². The van der Waals surface area contributed by atoms with Crippen molar-refractivity contribution in [3.8, 4) is 11.1 Å². The minimum absolute atomic E-state index is 0.177.